The fourth-order valence-corrected chi connectivity index (χ4v) is 4.45. The Labute approximate surface area is 222 Å². The summed E-state index contributed by atoms with van der Waals surface area (Å²) in [6.07, 6.45) is 3.61. The molecule has 0 bridgehead atoms. The molecule has 0 amide bonds. The monoisotopic (exact) mass is 491 g/mol. The lowest BCUT2D eigenvalue weighted by atomic mass is 10.00. The van der Waals surface area contributed by atoms with E-state index in [1.807, 2.05) is 60.7 Å². The van der Waals surface area contributed by atoms with Crippen molar-refractivity contribution in [1.29, 1.82) is 0 Å². The van der Waals surface area contributed by atoms with Crippen LogP contribution in [0.15, 0.2) is 116 Å². The maximum absolute atomic E-state index is 4.97. The molecule has 0 unspecified atom stereocenters. The number of pyridine rings is 2. The summed E-state index contributed by atoms with van der Waals surface area (Å²) in [6.45, 7) is 4.14. The Kier molecular flexibility index (Phi) is 6.24. The van der Waals surface area contributed by atoms with Crippen LogP contribution in [0.2, 0.25) is 0 Å². The van der Waals surface area contributed by atoms with Gasteiger partial charge in [0.1, 0.15) is 0 Å². The number of aryl methyl sites for hydroxylation is 2. The van der Waals surface area contributed by atoms with Crippen LogP contribution in [0.25, 0.3) is 56.7 Å². The molecule has 0 atom stereocenters. The van der Waals surface area contributed by atoms with Crippen LogP contribution in [0, 0.1) is 13.8 Å². The van der Waals surface area contributed by atoms with Gasteiger partial charge in [0, 0.05) is 40.2 Å². The predicted molar refractivity (Wildman–Crippen MR) is 152 cm³/mol. The molecule has 5 heteroatoms. The molecule has 0 spiro atoms. The van der Waals surface area contributed by atoms with E-state index < -0.39 is 0 Å². The van der Waals surface area contributed by atoms with Crippen molar-refractivity contribution in [3.8, 4) is 56.7 Å². The van der Waals surface area contributed by atoms with E-state index in [-0.39, 0.29) is 0 Å². The van der Waals surface area contributed by atoms with E-state index in [1.54, 1.807) is 12.4 Å². The number of rotatable bonds is 5. The molecular formula is C33H25N5. The van der Waals surface area contributed by atoms with Crippen molar-refractivity contribution in [3.63, 3.8) is 0 Å². The minimum atomic E-state index is 0.600. The molecule has 0 N–H and O–H groups in total. The Morgan fingerprint density at radius 2 is 0.842 bits per heavy atom. The van der Waals surface area contributed by atoms with Crippen LogP contribution < -0.4 is 0 Å². The molecule has 0 aliphatic carbocycles. The molecule has 38 heavy (non-hydrogen) atoms. The summed E-state index contributed by atoms with van der Waals surface area (Å²) in [6, 6.07) is 34.6. The summed E-state index contributed by atoms with van der Waals surface area (Å²) in [5, 5.41) is 0. The van der Waals surface area contributed by atoms with Crippen molar-refractivity contribution in [2.24, 2.45) is 0 Å². The molecule has 3 heterocycles. The smallest absolute Gasteiger partial charge is 0.164 e. The molecule has 0 saturated heterocycles. The summed E-state index contributed by atoms with van der Waals surface area (Å²) < 4.78 is 0. The van der Waals surface area contributed by atoms with Crippen molar-refractivity contribution >= 4 is 0 Å². The van der Waals surface area contributed by atoms with Gasteiger partial charge in [-0.2, -0.15) is 0 Å². The molecule has 6 aromatic rings. The van der Waals surface area contributed by atoms with Gasteiger partial charge in [-0.15, -0.1) is 0 Å². The first kappa shape index (κ1) is 23.4. The third-order valence-electron chi connectivity index (χ3n) is 6.30. The van der Waals surface area contributed by atoms with Gasteiger partial charge in [0.05, 0.1) is 11.4 Å². The van der Waals surface area contributed by atoms with Gasteiger partial charge in [-0.05, 0) is 68.4 Å². The van der Waals surface area contributed by atoms with E-state index in [0.717, 1.165) is 50.3 Å². The molecule has 3 aromatic carbocycles. The Morgan fingerprint density at radius 3 is 1.26 bits per heavy atom. The number of benzene rings is 3. The zero-order chi connectivity index (χ0) is 25.9. The maximum atomic E-state index is 4.97. The summed E-state index contributed by atoms with van der Waals surface area (Å²) in [5.41, 5.74) is 8.77. The number of aromatic nitrogens is 5. The zero-order valence-corrected chi connectivity index (χ0v) is 21.2. The van der Waals surface area contributed by atoms with E-state index in [0.29, 0.717) is 17.5 Å². The van der Waals surface area contributed by atoms with Crippen LogP contribution >= 0.6 is 0 Å². The third kappa shape index (κ3) is 4.95. The molecule has 5 nitrogen and oxygen atoms in total. The standard InChI is InChI=1S/C33H25N5/c1-22-9-7-11-24(17-22)31-36-32(25-12-8-10-23(2)18-25)38-33(37-31)28-20-26(29-13-3-5-15-34-29)19-27(21-28)30-14-4-6-16-35-30/h3-21H,1-2H3. The van der Waals surface area contributed by atoms with Crippen molar-refractivity contribution < 1.29 is 0 Å². The van der Waals surface area contributed by atoms with Crippen molar-refractivity contribution in [3.05, 3.63) is 127 Å². The van der Waals surface area contributed by atoms with Gasteiger partial charge in [0.15, 0.2) is 17.5 Å². The molecule has 3 aromatic heterocycles. The van der Waals surface area contributed by atoms with Crippen LogP contribution in [0.1, 0.15) is 11.1 Å². The molecule has 182 valence electrons. The Morgan fingerprint density at radius 1 is 0.395 bits per heavy atom. The normalized spacial score (nSPS) is 10.9. The highest BCUT2D eigenvalue weighted by Crippen LogP contribution is 2.32. The van der Waals surface area contributed by atoms with Gasteiger partial charge in [-0.1, -0.05) is 59.7 Å². The first-order valence-corrected chi connectivity index (χ1v) is 12.5. The summed E-state index contributed by atoms with van der Waals surface area (Å²) in [4.78, 5) is 24.0. The van der Waals surface area contributed by atoms with Gasteiger partial charge in [0.2, 0.25) is 0 Å². The quantitative estimate of drug-likeness (QED) is 0.248. The van der Waals surface area contributed by atoms with E-state index in [4.69, 9.17) is 15.0 Å². The molecule has 6 rings (SSSR count). The molecule has 0 radical (unpaired) electrons. The minimum absolute atomic E-state index is 0.600. The van der Waals surface area contributed by atoms with Crippen LogP contribution in [-0.4, -0.2) is 24.9 Å². The van der Waals surface area contributed by atoms with Gasteiger partial charge < -0.3 is 0 Å². The highest BCUT2D eigenvalue weighted by atomic mass is 15.0. The molecular weight excluding hydrogens is 466 g/mol. The zero-order valence-electron chi connectivity index (χ0n) is 21.2. The maximum Gasteiger partial charge on any atom is 0.164 e. The first-order chi connectivity index (χ1) is 18.6. The van der Waals surface area contributed by atoms with E-state index in [1.165, 1.54) is 0 Å². The second kappa shape index (κ2) is 10.1. The van der Waals surface area contributed by atoms with E-state index in [2.05, 4.69) is 66.3 Å². The topological polar surface area (TPSA) is 64.5 Å². The molecule has 0 aliphatic rings. The summed E-state index contributed by atoms with van der Waals surface area (Å²) in [7, 11) is 0. The summed E-state index contributed by atoms with van der Waals surface area (Å²) in [5.74, 6) is 1.87. The predicted octanol–water partition coefficient (Wildman–Crippen LogP) is 7.61. The number of hydrogen-bond acceptors (Lipinski definition) is 5. The van der Waals surface area contributed by atoms with Crippen molar-refractivity contribution in [1.82, 2.24) is 24.9 Å². The second-order valence-corrected chi connectivity index (χ2v) is 9.27. The number of hydrogen-bond donors (Lipinski definition) is 0. The van der Waals surface area contributed by atoms with Crippen LogP contribution in [-0.2, 0) is 0 Å². The average molecular weight is 492 g/mol. The lowest BCUT2D eigenvalue weighted by molar-refractivity contribution is 1.07. The fraction of sp³-hybridized carbons (Fsp3) is 0.0606. The summed E-state index contributed by atoms with van der Waals surface area (Å²) >= 11 is 0. The average Bonchev–Trinajstić information content (AvgIpc) is 2.97. The van der Waals surface area contributed by atoms with Crippen molar-refractivity contribution in [2.45, 2.75) is 13.8 Å². The van der Waals surface area contributed by atoms with Gasteiger partial charge in [0.25, 0.3) is 0 Å². The highest BCUT2D eigenvalue weighted by molar-refractivity contribution is 5.78. The van der Waals surface area contributed by atoms with E-state index in [9.17, 15) is 0 Å². The minimum Gasteiger partial charge on any atom is -0.256 e. The second-order valence-electron chi connectivity index (χ2n) is 9.27. The Hall–Kier alpha value is -5.03. The van der Waals surface area contributed by atoms with Gasteiger partial charge in [-0.25, -0.2) is 15.0 Å². The lowest BCUT2D eigenvalue weighted by Gasteiger charge is -2.12. The van der Waals surface area contributed by atoms with Crippen LogP contribution in [0.5, 0.6) is 0 Å². The number of nitrogens with zero attached hydrogens (tertiary/aromatic N) is 5. The molecule has 0 saturated carbocycles. The first-order valence-electron chi connectivity index (χ1n) is 12.5. The fourth-order valence-electron chi connectivity index (χ4n) is 4.45. The van der Waals surface area contributed by atoms with Crippen LogP contribution in [0.4, 0.5) is 0 Å². The van der Waals surface area contributed by atoms with E-state index >= 15 is 0 Å². The largest absolute Gasteiger partial charge is 0.256 e. The SMILES string of the molecule is Cc1cccc(-c2nc(-c3cccc(C)c3)nc(-c3cc(-c4ccccn4)cc(-c4ccccn4)c3)n2)c1. The molecule has 0 fully saturated rings. The Bertz CT molecular complexity index is 1610. The van der Waals surface area contributed by atoms with Gasteiger partial charge in [-0.3, -0.25) is 9.97 Å². The third-order valence-corrected chi connectivity index (χ3v) is 6.30. The molecule has 0 aliphatic heterocycles. The lowest BCUT2D eigenvalue weighted by Crippen LogP contribution is -2.01. The highest BCUT2D eigenvalue weighted by Gasteiger charge is 2.15. The Balaban J connectivity index is 1.59. The van der Waals surface area contributed by atoms with Crippen molar-refractivity contribution in [2.75, 3.05) is 0 Å². The van der Waals surface area contributed by atoms with Gasteiger partial charge >= 0.3 is 0 Å². The van der Waals surface area contributed by atoms with Crippen LogP contribution in [0.3, 0.4) is 0 Å².